The van der Waals surface area contributed by atoms with E-state index in [2.05, 4.69) is 16.6 Å². The fourth-order valence-corrected chi connectivity index (χ4v) is 2.63. The Morgan fingerprint density at radius 1 is 1.00 bits per heavy atom. The lowest BCUT2D eigenvalue weighted by Crippen LogP contribution is -2.03. The number of nitrogens with one attached hydrogen (secondary N) is 1. The Balaban J connectivity index is 1.88. The van der Waals surface area contributed by atoms with Gasteiger partial charge in [-0.15, -0.1) is 0 Å². The smallest absolute Gasteiger partial charge is 0.271 e. The molecule has 0 saturated carbocycles. The lowest BCUT2D eigenvalue weighted by atomic mass is 10.0. The second-order valence-electron chi connectivity index (χ2n) is 5.41. The Morgan fingerprint density at radius 3 is 2.44 bits per heavy atom. The van der Waals surface area contributed by atoms with E-state index in [9.17, 15) is 20.2 Å². The number of rotatable bonds is 5. The maximum atomic E-state index is 11.2. The van der Waals surface area contributed by atoms with Crippen LogP contribution in [0.2, 0.25) is 0 Å². The van der Waals surface area contributed by atoms with Gasteiger partial charge in [0.1, 0.15) is 5.69 Å². The zero-order valence-corrected chi connectivity index (χ0v) is 13.1. The molecule has 1 N–H and O–H groups in total. The van der Waals surface area contributed by atoms with E-state index in [0.717, 1.165) is 35.8 Å². The second kappa shape index (κ2) is 6.91. The third-order valence-corrected chi connectivity index (χ3v) is 3.83. The lowest BCUT2D eigenvalue weighted by molar-refractivity contribution is -0.393. The first-order chi connectivity index (χ1) is 12.1. The van der Waals surface area contributed by atoms with Crippen LogP contribution in [0.5, 0.6) is 0 Å². The van der Waals surface area contributed by atoms with Crippen molar-refractivity contribution in [1.29, 1.82) is 0 Å². The topological polar surface area (TPSA) is 111 Å². The number of hydrogen-bond acceptors (Lipinski definition) is 6. The second-order valence-corrected chi connectivity index (χ2v) is 5.41. The minimum Gasteiger partial charge on any atom is -0.271 e. The van der Waals surface area contributed by atoms with Crippen molar-refractivity contribution in [2.75, 3.05) is 5.43 Å². The van der Waals surface area contributed by atoms with E-state index in [1.165, 1.54) is 12.1 Å². The average Bonchev–Trinajstić information content (AvgIpc) is 3.09. The SMILES string of the molecule is O=[N+]([O-])c1ccc(N/N=C2\CCC=C2c2ccccc2)c([N+](=O)[O-])c1. The van der Waals surface area contributed by atoms with Crippen LogP contribution in [0, 0.1) is 20.2 Å². The summed E-state index contributed by atoms with van der Waals surface area (Å²) in [6.45, 7) is 0. The van der Waals surface area contributed by atoms with Crippen LogP contribution < -0.4 is 5.43 Å². The van der Waals surface area contributed by atoms with Crippen LogP contribution in [0.4, 0.5) is 17.1 Å². The molecule has 8 nitrogen and oxygen atoms in total. The van der Waals surface area contributed by atoms with Crippen molar-refractivity contribution in [2.45, 2.75) is 12.8 Å². The third-order valence-electron chi connectivity index (χ3n) is 3.83. The molecule has 0 amide bonds. The summed E-state index contributed by atoms with van der Waals surface area (Å²) in [6, 6.07) is 13.2. The Labute approximate surface area is 142 Å². The summed E-state index contributed by atoms with van der Waals surface area (Å²) in [5, 5.41) is 26.2. The molecule has 0 aliphatic heterocycles. The van der Waals surface area contributed by atoms with Crippen LogP contribution in [0.1, 0.15) is 18.4 Å². The van der Waals surface area contributed by atoms with Crippen molar-refractivity contribution in [1.82, 2.24) is 0 Å². The van der Waals surface area contributed by atoms with Gasteiger partial charge in [-0.3, -0.25) is 25.7 Å². The highest BCUT2D eigenvalue weighted by Crippen LogP contribution is 2.30. The molecule has 0 fully saturated rings. The zero-order chi connectivity index (χ0) is 17.8. The summed E-state index contributed by atoms with van der Waals surface area (Å²) in [7, 11) is 0. The number of benzene rings is 2. The molecule has 0 heterocycles. The first-order valence-electron chi connectivity index (χ1n) is 7.57. The molecule has 126 valence electrons. The van der Waals surface area contributed by atoms with E-state index in [4.69, 9.17) is 0 Å². The van der Waals surface area contributed by atoms with Gasteiger partial charge in [0.15, 0.2) is 0 Å². The van der Waals surface area contributed by atoms with Crippen molar-refractivity contribution in [2.24, 2.45) is 5.10 Å². The Kier molecular flexibility index (Phi) is 4.51. The number of nitrogens with zero attached hydrogens (tertiary/aromatic N) is 3. The molecular weight excluding hydrogens is 324 g/mol. The van der Waals surface area contributed by atoms with Gasteiger partial charge >= 0.3 is 5.69 Å². The summed E-state index contributed by atoms with van der Waals surface area (Å²) in [4.78, 5) is 20.6. The summed E-state index contributed by atoms with van der Waals surface area (Å²) in [5.74, 6) is 0. The largest absolute Gasteiger partial charge is 0.301 e. The highest BCUT2D eigenvalue weighted by molar-refractivity contribution is 6.25. The standard InChI is InChI=1S/C17H14N4O4/c22-20(23)13-9-10-16(17(11-13)21(24)25)19-18-15-8-4-7-14(15)12-5-2-1-3-6-12/h1-3,5-7,9-11,19H,4,8H2/b18-15+. The van der Waals surface area contributed by atoms with E-state index in [-0.39, 0.29) is 17.1 Å². The van der Waals surface area contributed by atoms with Crippen molar-refractivity contribution >= 4 is 28.3 Å². The molecule has 8 heteroatoms. The number of non-ortho nitro benzene ring substituents is 1. The van der Waals surface area contributed by atoms with Crippen LogP contribution in [0.3, 0.4) is 0 Å². The number of hydrazone groups is 1. The first kappa shape index (κ1) is 16.3. The fraction of sp³-hybridized carbons (Fsp3) is 0.118. The average molecular weight is 338 g/mol. The van der Waals surface area contributed by atoms with E-state index in [0.29, 0.717) is 0 Å². The van der Waals surface area contributed by atoms with Gasteiger partial charge in [-0.1, -0.05) is 36.4 Å². The number of hydrogen-bond donors (Lipinski definition) is 1. The minimum atomic E-state index is -0.671. The Bertz CT molecular complexity index is 891. The van der Waals surface area contributed by atoms with Crippen LogP contribution in [0.15, 0.2) is 59.7 Å². The van der Waals surface area contributed by atoms with E-state index >= 15 is 0 Å². The molecule has 0 saturated heterocycles. The van der Waals surface area contributed by atoms with E-state index < -0.39 is 9.85 Å². The first-order valence-corrected chi connectivity index (χ1v) is 7.57. The number of nitro groups is 2. The maximum absolute atomic E-state index is 11.2. The van der Waals surface area contributed by atoms with Crippen LogP contribution >= 0.6 is 0 Å². The summed E-state index contributed by atoms with van der Waals surface area (Å²) < 4.78 is 0. The van der Waals surface area contributed by atoms with Crippen molar-refractivity contribution in [3.63, 3.8) is 0 Å². The van der Waals surface area contributed by atoms with Gasteiger partial charge in [0, 0.05) is 11.6 Å². The molecule has 1 aliphatic carbocycles. The molecule has 2 aromatic carbocycles. The van der Waals surface area contributed by atoms with Gasteiger partial charge in [-0.25, -0.2) is 0 Å². The Morgan fingerprint density at radius 2 is 1.76 bits per heavy atom. The van der Waals surface area contributed by atoms with Gasteiger partial charge in [-0.05, 0) is 24.5 Å². The fourth-order valence-electron chi connectivity index (χ4n) is 2.63. The minimum absolute atomic E-state index is 0.113. The zero-order valence-electron chi connectivity index (χ0n) is 13.1. The number of nitro benzene ring substituents is 2. The van der Waals surface area contributed by atoms with Crippen LogP contribution in [0.25, 0.3) is 5.57 Å². The summed E-state index contributed by atoms with van der Waals surface area (Å²) >= 11 is 0. The molecule has 0 aromatic heterocycles. The molecule has 0 unspecified atom stereocenters. The predicted molar refractivity (Wildman–Crippen MR) is 94.5 cm³/mol. The molecule has 25 heavy (non-hydrogen) atoms. The van der Waals surface area contributed by atoms with Crippen LogP contribution in [-0.4, -0.2) is 15.6 Å². The quantitative estimate of drug-likeness (QED) is 0.650. The molecule has 2 aromatic rings. The van der Waals surface area contributed by atoms with E-state index in [1.807, 2.05) is 30.3 Å². The summed E-state index contributed by atoms with van der Waals surface area (Å²) in [6.07, 6.45) is 3.63. The van der Waals surface area contributed by atoms with Gasteiger partial charge in [-0.2, -0.15) is 5.10 Å². The third kappa shape index (κ3) is 3.52. The predicted octanol–water partition coefficient (Wildman–Crippen LogP) is 4.15. The molecular formula is C17H14N4O4. The normalized spacial score (nSPS) is 15.0. The highest BCUT2D eigenvalue weighted by atomic mass is 16.6. The van der Waals surface area contributed by atoms with E-state index in [1.54, 1.807) is 0 Å². The molecule has 0 atom stereocenters. The number of anilines is 1. The van der Waals surface area contributed by atoms with Crippen LogP contribution in [-0.2, 0) is 0 Å². The van der Waals surface area contributed by atoms with Gasteiger partial charge in [0.25, 0.3) is 5.69 Å². The molecule has 1 aliphatic rings. The molecule has 0 bridgehead atoms. The highest BCUT2D eigenvalue weighted by Gasteiger charge is 2.20. The van der Waals surface area contributed by atoms with Crippen molar-refractivity contribution in [3.8, 4) is 0 Å². The monoisotopic (exact) mass is 338 g/mol. The molecule has 3 rings (SSSR count). The van der Waals surface area contributed by atoms with Gasteiger partial charge in [0.05, 0.1) is 21.6 Å². The van der Waals surface area contributed by atoms with Crippen molar-refractivity contribution < 1.29 is 9.85 Å². The molecule has 0 radical (unpaired) electrons. The summed E-state index contributed by atoms with van der Waals surface area (Å²) in [5.41, 5.74) is 4.88. The number of allylic oxidation sites excluding steroid dienone is 2. The van der Waals surface area contributed by atoms with Crippen molar-refractivity contribution in [3.05, 3.63) is 80.4 Å². The lowest BCUT2D eigenvalue weighted by Gasteiger charge is -2.07. The van der Waals surface area contributed by atoms with Gasteiger partial charge in [0.2, 0.25) is 0 Å². The Hall–Kier alpha value is -3.55. The molecule has 0 spiro atoms. The van der Waals surface area contributed by atoms with Gasteiger partial charge < -0.3 is 0 Å². The maximum Gasteiger partial charge on any atom is 0.301 e.